The summed E-state index contributed by atoms with van der Waals surface area (Å²) in [6, 6.07) is 23.2. The third-order valence-electron chi connectivity index (χ3n) is 5.82. The molecule has 6 nitrogen and oxygen atoms in total. The maximum absolute atomic E-state index is 13.2. The van der Waals surface area contributed by atoms with Gasteiger partial charge in [-0.2, -0.15) is 4.31 Å². The van der Waals surface area contributed by atoms with Crippen LogP contribution >= 0.6 is 0 Å². The first-order valence-electron chi connectivity index (χ1n) is 11.3. The lowest BCUT2D eigenvalue weighted by atomic mass is 10.0. The van der Waals surface area contributed by atoms with Gasteiger partial charge in [0.25, 0.3) is 5.91 Å². The molecular weight excluding hydrogens is 448 g/mol. The average molecular weight is 477 g/mol. The van der Waals surface area contributed by atoms with Gasteiger partial charge in [0.05, 0.1) is 12.0 Å². The van der Waals surface area contributed by atoms with Crippen LogP contribution in [-0.2, 0) is 14.8 Å². The maximum atomic E-state index is 13.2. The number of carbonyl (C=O) groups excluding carboxylic acids is 1. The van der Waals surface area contributed by atoms with Crippen molar-refractivity contribution in [1.29, 1.82) is 0 Å². The van der Waals surface area contributed by atoms with Crippen LogP contribution in [0.25, 0.3) is 11.6 Å². The summed E-state index contributed by atoms with van der Waals surface area (Å²) >= 11 is 0. The number of piperidine rings is 1. The van der Waals surface area contributed by atoms with Gasteiger partial charge in [-0.05, 0) is 66.4 Å². The number of methoxy groups -OCH3 is 1. The van der Waals surface area contributed by atoms with Crippen LogP contribution in [0.3, 0.4) is 0 Å². The number of nitrogens with zero attached hydrogens (tertiary/aromatic N) is 1. The maximum Gasteiger partial charge on any atom is 0.256 e. The molecule has 1 heterocycles. The smallest absolute Gasteiger partial charge is 0.256 e. The fourth-order valence-electron chi connectivity index (χ4n) is 3.93. The summed E-state index contributed by atoms with van der Waals surface area (Å²) in [6.07, 6.45) is 4.65. The van der Waals surface area contributed by atoms with Gasteiger partial charge in [0.1, 0.15) is 5.75 Å². The van der Waals surface area contributed by atoms with Gasteiger partial charge in [-0.25, -0.2) is 8.42 Å². The first-order chi connectivity index (χ1) is 16.5. The molecule has 0 spiro atoms. The third-order valence-corrected chi connectivity index (χ3v) is 7.73. The molecule has 3 aromatic carbocycles. The lowest BCUT2D eigenvalue weighted by Gasteiger charge is -2.25. The van der Waals surface area contributed by atoms with E-state index >= 15 is 0 Å². The molecule has 3 aromatic rings. The molecule has 4 rings (SSSR count). The summed E-state index contributed by atoms with van der Waals surface area (Å²) in [6.45, 7) is 1.11. The molecule has 7 heteroatoms. The molecule has 34 heavy (non-hydrogen) atoms. The van der Waals surface area contributed by atoms with Gasteiger partial charge in [-0.1, -0.05) is 48.9 Å². The molecule has 0 bridgehead atoms. The summed E-state index contributed by atoms with van der Waals surface area (Å²) in [4.78, 5) is 13.5. The van der Waals surface area contributed by atoms with E-state index in [1.807, 2.05) is 60.7 Å². The molecule has 0 aromatic heterocycles. The first kappa shape index (κ1) is 23.7. The summed E-state index contributed by atoms with van der Waals surface area (Å²) in [7, 11) is -1.91. The van der Waals surface area contributed by atoms with Crippen molar-refractivity contribution in [2.24, 2.45) is 0 Å². The molecule has 0 saturated carbocycles. The Bertz CT molecular complexity index is 1250. The number of ether oxygens (including phenoxy) is 1. The largest absolute Gasteiger partial charge is 0.497 e. The molecule has 0 aliphatic carbocycles. The first-order valence-corrected chi connectivity index (χ1v) is 12.7. The second-order valence-corrected chi connectivity index (χ2v) is 10.1. The average Bonchev–Trinajstić information content (AvgIpc) is 2.89. The van der Waals surface area contributed by atoms with E-state index in [-0.39, 0.29) is 10.8 Å². The number of nitrogens with one attached hydrogen (secondary N) is 1. The number of sulfonamides is 1. The van der Waals surface area contributed by atoms with E-state index in [2.05, 4.69) is 5.32 Å². The molecule has 1 fully saturated rings. The fourth-order valence-corrected chi connectivity index (χ4v) is 5.44. The van der Waals surface area contributed by atoms with Crippen molar-refractivity contribution in [2.75, 3.05) is 25.5 Å². The Morgan fingerprint density at radius 1 is 0.882 bits per heavy atom. The number of anilines is 1. The molecular formula is C27H28N2O4S. The minimum absolute atomic E-state index is 0.240. The highest BCUT2D eigenvalue weighted by molar-refractivity contribution is 7.89. The van der Waals surface area contributed by atoms with Crippen molar-refractivity contribution in [3.05, 3.63) is 90.0 Å². The minimum Gasteiger partial charge on any atom is -0.497 e. The number of carbonyl (C=O) groups is 1. The molecule has 0 atom stereocenters. The molecule has 1 amide bonds. The Balaban J connectivity index is 1.56. The van der Waals surface area contributed by atoms with Crippen molar-refractivity contribution in [3.63, 3.8) is 0 Å². The van der Waals surface area contributed by atoms with Gasteiger partial charge in [0.2, 0.25) is 10.0 Å². The third kappa shape index (κ3) is 5.55. The molecule has 176 valence electrons. The zero-order valence-corrected chi connectivity index (χ0v) is 19.9. The second kappa shape index (κ2) is 10.7. The fraction of sp³-hybridized carbons (Fsp3) is 0.222. The molecule has 1 N–H and O–H groups in total. The highest BCUT2D eigenvalue weighted by Gasteiger charge is 2.25. The van der Waals surface area contributed by atoms with Crippen molar-refractivity contribution in [2.45, 2.75) is 24.2 Å². The van der Waals surface area contributed by atoms with Crippen LogP contribution in [0.15, 0.2) is 83.8 Å². The number of hydrogen-bond donors (Lipinski definition) is 1. The standard InChI is InChI=1S/C27H28N2O4S/c1-33-24-14-10-21(11-15-24)20-26(22-8-4-2-5-9-22)27(30)28-23-12-16-25(17-13-23)34(31,32)29-18-6-3-7-19-29/h2,4-5,8-17,20H,3,6-7,18-19H2,1H3,(H,28,30)/b26-20+. The summed E-state index contributed by atoms with van der Waals surface area (Å²) in [5, 5.41) is 2.90. The van der Waals surface area contributed by atoms with E-state index in [1.54, 1.807) is 31.4 Å². The quantitative estimate of drug-likeness (QED) is 0.383. The van der Waals surface area contributed by atoms with E-state index in [0.717, 1.165) is 36.1 Å². The number of hydrogen-bond acceptors (Lipinski definition) is 4. The Hall–Kier alpha value is -3.42. The monoisotopic (exact) mass is 476 g/mol. The number of amides is 1. The Labute approximate surface area is 200 Å². The lowest BCUT2D eigenvalue weighted by Crippen LogP contribution is -2.35. The normalized spacial score (nSPS) is 15.0. The minimum atomic E-state index is -3.51. The van der Waals surface area contributed by atoms with Gasteiger partial charge >= 0.3 is 0 Å². The number of rotatable bonds is 7. The summed E-state index contributed by atoms with van der Waals surface area (Å²) in [5.74, 6) is 0.455. The van der Waals surface area contributed by atoms with Gasteiger partial charge in [-0.3, -0.25) is 4.79 Å². The Morgan fingerprint density at radius 2 is 1.53 bits per heavy atom. The summed E-state index contributed by atoms with van der Waals surface area (Å²) < 4.78 is 32.5. The van der Waals surface area contributed by atoms with Crippen molar-refractivity contribution >= 4 is 33.3 Å². The van der Waals surface area contributed by atoms with Crippen LogP contribution in [0, 0.1) is 0 Å². The van der Waals surface area contributed by atoms with Crippen LogP contribution in [0.2, 0.25) is 0 Å². The van der Waals surface area contributed by atoms with E-state index in [4.69, 9.17) is 4.74 Å². The van der Waals surface area contributed by atoms with Gasteiger partial charge in [-0.15, -0.1) is 0 Å². The molecule has 0 unspecified atom stereocenters. The molecule has 1 aliphatic heterocycles. The lowest BCUT2D eigenvalue weighted by molar-refractivity contribution is -0.111. The van der Waals surface area contributed by atoms with Crippen molar-refractivity contribution in [1.82, 2.24) is 4.31 Å². The molecule has 1 aliphatic rings. The van der Waals surface area contributed by atoms with Crippen molar-refractivity contribution in [3.8, 4) is 5.75 Å². The molecule has 0 radical (unpaired) electrons. The van der Waals surface area contributed by atoms with Crippen LogP contribution in [0.4, 0.5) is 5.69 Å². The predicted octanol–water partition coefficient (Wildman–Crippen LogP) is 5.05. The highest BCUT2D eigenvalue weighted by atomic mass is 32.2. The zero-order chi connectivity index (χ0) is 24.0. The second-order valence-electron chi connectivity index (χ2n) is 8.14. The molecule has 1 saturated heterocycles. The van der Waals surface area contributed by atoms with E-state index in [9.17, 15) is 13.2 Å². The van der Waals surface area contributed by atoms with Crippen LogP contribution in [-0.4, -0.2) is 38.8 Å². The highest BCUT2D eigenvalue weighted by Crippen LogP contribution is 2.24. The van der Waals surface area contributed by atoms with E-state index in [1.165, 1.54) is 4.31 Å². The summed E-state index contributed by atoms with van der Waals surface area (Å²) in [5.41, 5.74) is 2.66. The zero-order valence-electron chi connectivity index (χ0n) is 19.1. The van der Waals surface area contributed by atoms with Crippen LogP contribution < -0.4 is 10.1 Å². The van der Waals surface area contributed by atoms with E-state index in [0.29, 0.717) is 24.4 Å². The topological polar surface area (TPSA) is 75.7 Å². The Morgan fingerprint density at radius 3 is 2.15 bits per heavy atom. The SMILES string of the molecule is COc1ccc(/C=C(/C(=O)Nc2ccc(S(=O)(=O)N3CCCCC3)cc2)c2ccccc2)cc1. The Kier molecular flexibility index (Phi) is 7.45. The van der Waals surface area contributed by atoms with Gasteiger partial charge in [0.15, 0.2) is 0 Å². The van der Waals surface area contributed by atoms with Gasteiger partial charge < -0.3 is 10.1 Å². The van der Waals surface area contributed by atoms with Crippen molar-refractivity contribution < 1.29 is 17.9 Å². The van der Waals surface area contributed by atoms with Crippen LogP contribution in [0.5, 0.6) is 5.75 Å². The van der Waals surface area contributed by atoms with Crippen LogP contribution in [0.1, 0.15) is 30.4 Å². The predicted molar refractivity (Wildman–Crippen MR) is 135 cm³/mol. The van der Waals surface area contributed by atoms with Gasteiger partial charge in [0, 0.05) is 24.4 Å². The number of benzene rings is 3. The van der Waals surface area contributed by atoms with E-state index < -0.39 is 10.0 Å².